The van der Waals surface area contributed by atoms with E-state index in [2.05, 4.69) is 15.3 Å². The van der Waals surface area contributed by atoms with Crippen molar-refractivity contribution in [2.24, 2.45) is 0 Å². The molecule has 5 rings (SSSR count). The van der Waals surface area contributed by atoms with Crippen LogP contribution in [0.15, 0.2) is 66.9 Å². The van der Waals surface area contributed by atoms with Gasteiger partial charge in [-0.3, -0.25) is 10.1 Å². The van der Waals surface area contributed by atoms with Crippen molar-refractivity contribution < 1.29 is 4.92 Å². The molecule has 3 heterocycles. The van der Waals surface area contributed by atoms with Crippen molar-refractivity contribution in [1.82, 2.24) is 24.2 Å². The Morgan fingerprint density at radius 3 is 2.29 bits per heavy atom. The summed E-state index contributed by atoms with van der Waals surface area (Å²) in [4.78, 5) is 11.9. The molecule has 136 valence electrons. The molecule has 0 aliphatic rings. The fraction of sp³-hybridized carbons (Fsp3) is 0. The van der Waals surface area contributed by atoms with E-state index in [1.165, 1.54) is 4.52 Å². The summed E-state index contributed by atoms with van der Waals surface area (Å²) in [6.07, 6.45) is 1.62. The molecule has 2 aromatic carbocycles. The van der Waals surface area contributed by atoms with Crippen LogP contribution in [0.3, 0.4) is 0 Å². The number of benzene rings is 2. The minimum absolute atomic E-state index is 0.0763. The maximum Gasteiger partial charge on any atom is 0.320 e. The van der Waals surface area contributed by atoms with Gasteiger partial charge in [0.2, 0.25) is 4.77 Å². The maximum atomic E-state index is 12.3. The third-order valence-corrected chi connectivity index (χ3v) is 4.87. The predicted octanol–water partition coefficient (Wildman–Crippen LogP) is 4.28. The number of fused-ring (bicyclic) bond motifs is 3. The van der Waals surface area contributed by atoms with Gasteiger partial charge in [-0.05, 0) is 17.8 Å². The highest BCUT2D eigenvalue weighted by Crippen LogP contribution is 2.39. The number of hydrogen-bond acceptors (Lipinski definition) is 5. The molecular formula is C19H12N6O2S. The van der Waals surface area contributed by atoms with E-state index in [1.807, 2.05) is 60.7 Å². The van der Waals surface area contributed by atoms with Crippen LogP contribution in [0, 0.1) is 14.9 Å². The Labute approximate surface area is 162 Å². The van der Waals surface area contributed by atoms with Crippen molar-refractivity contribution in [3.05, 3.63) is 81.7 Å². The van der Waals surface area contributed by atoms with Crippen LogP contribution in [0.25, 0.3) is 33.7 Å². The fourth-order valence-electron chi connectivity index (χ4n) is 3.44. The van der Waals surface area contributed by atoms with Crippen molar-refractivity contribution in [1.29, 1.82) is 0 Å². The highest BCUT2D eigenvalue weighted by Gasteiger charge is 2.29. The SMILES string of the molecule is O=[N+]([O-])c1c(-c2ccccc2)n2c(=S)[nH]nc2n2ncc(-c3ccccc3)c12. The van der Waals surface area contributed by atoms with Gasteiger partial charge in [0, 0.05) is 11.1 Å². The van der Waals surface area contributed by atoms with Crippen LogP contribution in [0.2, 0.25) is 0 Å². The molecule has 28 heavy (non-hydrogen) atoms. The van der Waals surface area contributed by atoms with Gasteiger partial charge >= 0.3 is 5.69 Å². The zero-order valence-corrected chi connectivity index (χ0v) is 15.1. The molecule has 0 amide bonds. The van der Waals surface area contributed by atoms with Gasteiger partial charge in [-0.15, -0.1) is 5.10 Å². The molecule has 0 aliphatic carbocycles. The van der Waals surface area contributed by atoms with Crippen molar-refractivity contribution in [2.75, 3.05) is 0 Å². The Balaban J connectivity index is 2.05. The number of aromatic amines is 1. The Kier molecular flexibility index (Phi) is 3.56. The topological polar surface area (TPSA) is 93.5 Å². The van der Waals surface area contributed by atoms with Crippen LogP contribution in [-0.4, -0.2) is 29.1 Å². The van der Waals surface area contributed by atoms with E-state index in [-0.39, 0.29) is 15.4 Å². The molecule has 0 saturated heterocycles. The molecule has 1 N–H and O–H groups in total. The number of nitrogens with one attached hydrogen (secondary N) is 1. The number of nitro groups is 1. The highest BCUT2D eigenvalue weighted by molar-refractivity contribution is 7.71. The molecule has 3 aromatic heterocycles. The van der Waals surface area contributed by atoms with E-state index in [9.17, 15) is 10.1 Å². The average molecular weight is 388 g/mol. The molecule has 0 unspecified atom stereocenters. The first-order valence-electron chi connectivity index (χ1n) is 8.43. The zero-order chi connectivity index (χ0) is 19.3. The van der Waals surface area contributed by atoms with Crippen LogP contribution < -0.4 is 0 Å². The van der Waals surface area contributed by atoms with Crippen molar-refractivity contribution in [3.63, 3.8) is 0 Å². The summed E-state index contributed by atoms with van der Waals surface area (Å²) in [5, 5.41) is 23.6. The van der Waals surface area contributed by atoms with E-state index in [0.717, 1.165) is 5.56 Å². The second kappa shape index (κ2) is 6.10. The number of H-pyrrole nitrogens is 1. The van der Waals surface area contributed by atoms with Gasteiger partial charge in [0.05, 0.1) is 11.1 Å². The molecule has 0 radical (unpaired) electrons. The first-order chi connectivity index (χ1) is 13.7. The molecule has 5 aromatic rings. The molecule has 0 fully saturated rings. The zero-order valence-electron chi connectivity index (χ0n) is 14.3. The summed E-state index contributed by atoms with van der Waals surface area (Å²) < 4.78 is 3.27. The van der Waals surface area contributed by atoms with Gasteiger partial charge in [-0.2, -0.15) is 9.61 Å². The van der Waals surface area contributed by atoms with Crippen LogP contribution >= 0.6 is 12.2 Å². The quantitative estimate of drug-likeness (QED) is 0.283. The molecule has 0 aliphatic heterocycles. The van der Waals surface area contributed by atoms with E-state index >= 15 is 0 Å². The summed E-state index contributed by atoms with van der Waals surface area (Å²) in [7, 11) is 0. The largest absolute Gasteiger partial charge is 0.320 e. The molecule has 8 nitrogen and oxygen atoms in total. The van der Waals surface area contributed by atoms with Crippen molar-refractivity contribution in [3.8, 4) is 22.4 Å². The first kappa shape index (κ1) is 16.3. The molecule has 0 bridgehead atoms. The Hall–Kier alpha value is -3.85. The van der Waals surface area contributed by atoms with Gasteiger partial charge in [0.15, 0.2) is 5.52 Å². The van der Waals surface area contributed by atoms with E-state index in [4.69, 9.17) is 12.2 Å². The lowest BCUT2D eigenvalue weighted by atomic mass is 10.0. The second-order valence-electron chi connectivity index (χ2n) is 6.17. The third-order valence-electron chi connectivity index (χ3n) is 4.60. The first-order valence-corrected chi connectivity index (χ1v) is 8.83. The predicted molar refractivity (Wildman–Crippen MR) is 107 cm³/mol. The van der Waals surface area contributed by atoms with Crippen molar-refractivity contribution in [2.45, 2.75) is 0 Å². The normalized spacial score (nSPS) is 11.3. The average Bonchev–Trinajstić information content (AvgIpc) is 3.32. The van der Waals surface area contributed by atoms with E-state index < -0.39 is 0 Å². The minimum atomic E-state index is -0.389. The van der Waals surface area contributed by atoms with E-state index in [0.29, 0.717) is 28.1 Å². The number of rotatable bonds is 3. The van der Waals surface area contributed by atoms with Gasteiger partial charge in [-0.25, -0.2) is 9.50 Å². The summed E-state index contributed by atoms with van der Waals surface area (Å²) in [5.41, 5.74) is 2.81. The lowest BCUT2D eigenvalue weighted by molar-refractivity contribution is -0.382. The van der Waals surface area contributed by atoms with Gasteiger partial charge in [0.25, 0.3) is 5.78 Å². The molecule has 0 spiro atoms. The lowest BCUT2D eigenvalue weighted by Gasteiger charge is -2.09. The molecule has 0 atom stereocenters. The minimum Gasteiger partial charge on any atom is -0.258 e. The second-order valence-corrected chi connectivity index (χ2v) is 6.56. The van der Waals surface area contributed by atoms with Crippen LogP contribution in [0.5, 0.6) is 0 Å². The smallest absolute Gasteiger partial charge is 0.258 e. The van der Waals surface area contributed by atoms with Gasteiger partial charge in [0.1, 0.15) is 5.69 Å². The lowest BCUT2D eigenvalue weighted by Crippen LogP contribution is -2.06. The summed E-state index contributed by atoms with van der Waals surface area (Å²) in [6, 6.07) is 18.6. The standard InChI is InChI=1S/C19H12N6O2S/c26-25(27)17-15(13-9-5-2-6-10-13)23-18(21-22-19(23)28)24-16(17)14(11-20-24)12-7-3-1-4-8-12/h1-11H,(H,22,28). The summed E-state index contributed by atoms with van der Waals surface area (Å²) in [6.45, 7) is 0. The Bertz CT molecular complexity index is 1400. The summed E-state index contributed by atoms with van der Waals surface area (Å²) in [5.74, 6) is 0.381. The molecule has 0 saturated carbocycles. The Morgan fingerprint density at radius 1 is 1.00 bits per heavy atom. The number of nitrogens with zero attached hydrogens (tertiary/aromatic N) is 5. The fourth-order valence-corrected chi connectivity index (χ4v) is 3.66. The monoisotopic (exact) mass is 388 g/mol. The Morgan fingerprint density at radius 2 is 1.64 bits per heavy atom. The molecular weight excluding hydrogens is 376 g/mol. The molecule has 9 heteroatoms. The summed E-state index contributed by atoms with van der Waals surface area (Å²) >= 11 is 5.37. The van der Waals surface area contributed by atoms with Crippen LogP contribution in [0.4, 0.5) is 5.69 Å². The highest BCUT2D eigenvalue weighted by atomic mass is 32.1. The number of hydrogen-bond donors (Lipinski definition) is 1. The van der Waals surface area contributed by atoms with Gasteiger partial charge in [-0.1, -0.05) is 60.7 Å². The van der Waals surface area contributed by atoms with Crippen LogP contribution in [-0.2, 0) is 0 Å². The number of aromatic nitrogens is 5. The maximum absolute atomic E-state index is 12.3. The van der Waals surface area contributed by atoms with Crippen molar-refractivity contribution >= 4 is 29.2 Å². The van der Waals surface area contributed by atoms with Crippen LogP contribution in [0.1, 0.15) is 0 Å². The van der Waals surface area contributed by atoms with Gasteiger partial charge < -0.3 is 0 Å². The van der Waals surface area contributed by atoms with E-state index in [1.54, 1.807) is 10.6 Å². The third kappa shape index (κ3) is 2.26.